The molecule has 1 amide bonds. The van der Waals surface area contributed by atoms with Crippen molar-refractivity contribution in [3.05, 3.63) is 24.4 Å². The number of carbonyl (C=O) groups is 1. The largest absolute Gasteiger partial charge is 0.354 e. The standard InChI is InChI=1S/C17H27N5O/c18-15(14-4-5-14)13-20-17(23)6-8-21-9-11-22(12-10-21)16-3-1-2-7-19-16/h1-3,7,14-15H,4-6,8-13,18H2,(H,20,23). The molecule has 1 unspecified atom stereocenters. The smallest absolute Gasteiger partial charge is 0.221 e. The normalized spacial score (nSPS) is 20.3. The molecule has 1 aromatic rings. The summed E-state index contributed by atoms with van der Waals surface area (Å²) in [5.74, 6) is 1.79. The van der Waals surface area contributed by atoms with Crippen LogP contribution in [-0.4, -0.2) is 61.1 Å². The molecule has 23 heavy (non-hydrogen) atoms. The summed E-state index contributed by atoms with van der Waals surface area (Å²) < 4.78 is 0. The van der Waals surface area contributed by atoms with Crippen LogP contribution in [0.2, 0.25) is 0 Å². The van der Waals surface area contributed by atoms with Gasteiger partial charge in [-0.15, -0.1) is 0 Å². The number of amides is 1. The van der Waals surface area contributed by atoms with Crippen LogP contribution in [-0.2, 0) is 4.79 Å². The molecule has 0 bridgehead atoms. The summed E-state index contributed by atoms with van der Waals surface area (Å²) in [5.41, 5.74) is 6.00. The first-order valence-corrected chi connectivity index (χ1v) is 8.63. The van der Waals surface area contributed by atoms with Gasteiger partial charge in [0.1, 0.15) is 5.82 Å². The third kappa shape index (κ3) is 4.91. The van der Waals surface area contributed by atoms with Crippen LogP contribution in [0.3, 0.4) is 0 Å². The summed E-state index contributed by atoms with van der Waals surface area (Å²) >= 11 is 0. The maximum absolute atomic E-state index is 11.9. The van der Waals surface area contributed by atoms with Gasteiger partial charge >= 0.3 is 0 Å². The molecular formula is C17H27N5O. The van der Waals surface area contributed by atoms with Crippen molar-refractivity contribution in [1.82, 2.24) is 15.2 Å². The third-order valence-corrected chi connectivity index (χ3v) is 4.76. The highest BCUT2D eigenvalue weighted by Gasteiger charge is 2.28. The number of nitrogens with two attached hydrogens (primary N) is 1. The van der Waals surface area contributed by atoms with Crippen molar-refractivity contribution >= 4 is 11.7 Å². The molecule has 1 saturated carbocycles. The first kappa shape index (κ1) is 16.2. The molecule has 2 aliphatic rings. The van der Waals surface area contributed by atoms with E-state index in [4.69, 9.17) is 5.73 Å². The van der Waals surface area contributed by atoms with E-state index in [0.29, 0.717) is 18.9 Å². The molecule has 0 spiro atoms. The zero-order valence-corrected chi connectivity index (χ0v) is 13.7. The highest BCUT2D eigenvalue weighted by atomic mass is 16.1. The molecule has 1 aliphatic heterocycles. The number of rotatable bonds is 7. The zero-order chi connectivity index (χ0) is 16.1. The van der Waals surface area contributed by atoms with E-state index in [0.717, 1.165) is 38.5 Å². The number of pyridine rings is 1. The van der Waals surface area contributed by atoms with Gasteiger partial charge in [-0.3, -0.25) is 9.69 Å². The fourth-order valence-electron chi connectivity index (χ4n) is 3.01. The number of piperazine rings is 1. The molecule has 6 nitrogen and oxygen atoms in total. The molecule has 1 saturated heterocycles. The van der Waals surface area contributed by atoms with Crippen molar-refractivity contribution in [3.63, 3.8) is 0 Å². The van der Waals surface area contributed by atoms with Crippen LogP contribution in [0.1, 0.15) is 19.3 Å². The van der Waals surface area contributed by atoms with Gasteiger partial charge in [-0.25, -0.2) is 4.98 Å². The van der Waals surface area contributed by atoms with Crippen LogP contribution >= 0.6 is 0 Å². The van der Waals surface area contributed by atoms with Gasteiger partial charge < -0.3 is 16.0 Å². The maximum atomic E-state index is 11.9. The van der Waals surface area contributed by atoms with Crippen molar-refractivity contribution in [3.8, 4) is 0 Å². The summed E-state index contributed by atoms with van der Waals surface area (Å²) in [7, 11) is 0. The van der Waals surface area contributed by atoms with Crippen molar-refractivity contribution in [1.29, 1.82) is 0 Å². The minimum Gasteiger partial charge on any atom is -0.354 e. The molecular weight excluding hydrogens is 290 g/mol. The number of nitrogens with one attached hydrogen (secondary N) is 1. The van der Waals surface area contributed by atoms with Crippen molar-refractivity contribution < 1.29 is 4.79 Å². The Kier molecular flexibility index (Phi) is 5.46. The second-order valence-electron chi connectivity index (χ2n) is 6.57. The van der Waals surface area contributed by atoms with Crippen LogP contribution in [0.25, 0.3) is 0 Å². The first-order valence-electron chi connectivity index (χ1n) is 8.63. The minimum absolute atomic E-state index is 0.119. The second kappa shape index (κ2) is 7.75. The van der Waals surface area contributed by atoms with Gasteiger partial charge in [-0.1, -0.05) is 6.07 Å². The second-order valence-corrected chi connectivity index (χ2v) is 6.57. The molecule has 126 valence electrons. The monoisotopic (exact) mass is 317 g/mol. The van der Waals surface area contributed by atoms with Crippen LogP contribution in [0.4, 0.5) is 5.82 Å². The highest BCUT2D eigenvalue weighted by molar-refractivity contribution is 5.76. The van der Waals surface area contributed by atoms with Gasteiger partial charge in [0, 0.05) is 57.9 Å². The average molecular weight is 317 g/mol. The van der Waals surface area contributed by atoms with Gasteiger partial charge in [-0.05, 0) is 30.9 Å². The Bertz CT molecular complexity index is 497. The van der Waals surface area contributed by atoms with E-state index in [-0.39, 0.29) is 11.9 Å². The number of carbonyl (C=O) groups excluding carboxylic acids is 1. The van der Waals surface area contributed by atoms with Crippen molar-refractivity contribution in [2.45, 2.75) is 25.3 Å². The average Bonchev–Trinajstić information content (AvgIpc) is 3.44. The van der Waals surface area contributed by atoms with Gasteiger partial charge in [0.2, 0.25) is 5.91 Å². The fraction of sp³-hybridized carbons (Fsp3) is 0.647. The van der Waals surface area contributed by atoms with E-state index >= 15 is 0 Å². The van der Waals surface area contributed by atoms with Crippen LogP contribution < -0.4 is 16.0 Å². The molecule has 3 rings (SSSR count). The fourth-order valence-corrected chi connectivity index (χ4v) is 3.01. The molecule has 2 fully saturated rings. The van der Waals surface area contributed by atoms with Crippen LogP contribution in [0, 0.1) is 5.92 Å². The Balaban J connectivity index is 1.32. The van der Waals surface area contributed by atoms with E-state index in [1.54, 1.807) is 0 Å². The van der Waals surface area contributed by atoms with E-state index in [1.165, 1.54) is 12.8 Å². The maximum Gasteiger partial charge on any atom is 0.221 e. The quantitative estimate of drug-likeness (QED) is 0.764. The Labute approximate surface area is 138 Å². The van der Waals surface area contributed by atoms with E-state index in [9.17, 15) is 4.79 Å². The zero-order valence-electron chi connectivity index (χ0n) is 13.7. The lowest BCUT2D eigenvalue weighted by molar-refractivity contribution is -0.121. The molecule has 6 heteroatoms. The molecule has 0 aromatic carbocycles. The van der Waals surface area contributed by atoms with Crippen LogP contribution in [0.5, 0.6) is 0 Å². The topological polar surface area (TPSA) is 74.5 Å². The van der Waals surface area contributed by atoms with Gasteiger partial charge in [-0.2, -0.15) is 0 Å². The third-order valence-electron chi connectivity index (χ3n) is 4.76. The molecule has 1 atom stereocenters. The SMILES string of the molecule is NC(CNC(=O)CCN1CCN(c2ccccn2)CC1)C1CC1. The van der Waals surface area contributed by atoms with Gasteiger partial charge in [0.05, 0.1) is 0 Å². The summed E-state index contributed by atoms with van der Waals surface area (Å²) in [6.07, 6.45) is 4.83. The molecule has 1 aliphatic carbocycles. The summed E-state index contributed by atoms with van der Waals surface area (Å²) in [6, 6.07) is 6.14. The number of nitrogens with zero attached hydrogens (tertiary/aromatic N) is 3. The molecule has 3 N–H and O–H groups in total. The lowest BCUT2D eigenvalue weighted by Gasteiger charge is -2.35. The number of anilines is 1. The number of hydrogen-bond acceptors (Lipinski definition) is 5. The Morgan fingerprint density at radius 1 is 1.30 bits per heavy atom. The van der Waals surface area contributed by atoms with Gasteiger partial charge in [0.15, 0.2) is 0 Å². The van der Waals surface area contributed by atoms with Crippen molar-refractivity contribution in [2.24, 2.45) is 11.7 Å². The summed E-state index contributed by atoms with van der Waals surface area (Å²) in [4.78, 5) is 20.9. The minimum atomic E-state index is 0.119. The van der Waals surface area contributed by atoms with E-state index < -0.39 is 0 Å². The predicted octanol–water partition coefficient (Wildman–Crippen LogP) is 0.447. The highest BCUT2D eigenvalue weighted by Crippen LogP contribution is 2.31. The first-order chi connectivity index (χ1) is 11.2. The number of aromatic nitrogens is 1. The lowest BCUT2D eigenvalue weighted by Crippen LogP contribution is -2.47. The summed E-state index contributed by atoms with van der Waals surface area (Å²) in [5, 5.41) is 2.97. The Morgan fingerprint density at radius 2 is 2.09 bits per heavy atom. The van der Waals surface area contributed by atoms with Gasteiger partial charge in [0.25, 0.3) is 0 Å². The molecule has 1 aromatic heterocycles. The molecule has 0 radical (unpaired) electrons. The Morgan fingerprint density at radius 3 is 2.74 bits per heavy atom. The molecule has 2 heterocycles. The predicted molar refractivity (Wildman–Crippen MR) is 91.2 cm³/mol. The Hall–Kier alpha value is -1.66. The van der Waals surface area contributed by atoms with Crippen LogP contribution in [0.15, 0.2) is 24.4 Å². The van der Waals surface area contributed by atoms with Crippen molar-refractivity contribution in [2.75, 3.05) is 44.2 Å². The van der Waals surface area contributed by atoms with E-state index in [1.807, 2.05) is 24.4 Å². The van der Waals surface area contributed by atoms with E-state index in [2.05, 4.69) is 20.1 Å². The lowest BCUT2D eigenvalue weighted by atomic mass is 10.2. The number of hydrogen-bond donors (Lipinski definition) is 2. The summed E-state index contributed by atoms with van der Waals surface area (Å²) in [6.45, 7) is 5.32.